The second-order valence-electron chi connectivity index (χ2n) is 8.57. The Morgan fingerprint density at radius 2 is 1.71 bits per heavy atom. The van der Waals surface area contributed by atoms with Crippen LogP contribution in [-0.2, 0) is 12.8 Å². The molecule has 2 fully saturated rings. The van der Waals surface area contributed by atoms with E-state index in [1.54, 1.807) is 5.56 Å². The Kier molecular flexibility index (Phi) is 5.72. The van der Waals surface area contributed by atoms with Crippen LogP contribution in [0.3, 0.4) is 0 Å². The van der Waals surface area contributed by atoms with E-state index in [2.05, 4.69) is 38.7 Å². The quantitative estimate of drug-likeness (QED) is 0.814. The van der Waals surface area contributed by atoms with Gasteiger partial charge in [0.25, 0.3) is 0 Å². The molecule has 3 heteroatoms. The molecule has 2 N–H and O–H groups in total. The molecular formula is C21H35BN2. The molecule has 0 unspecified atom stereocenters. The third-order valence-electron chi connectivity index (χ3n) is 6.46. The first-order valence-electron chi connectivity index (χ1n) is 10.1. The van der Waals surface area contributed by atoms with Gasteiger partial charge in [0.05, 0.1) is 0 Å². The van der Waals surface area contributed by atoms with Crippen molar-refractivity contribution in [3.05, 3.63) is 34.4 Å². The van der Waals surface area contributed by atoms with E-state index in [1.807, 2.05) is 0 Å². The fourth-order valence-corrected chi connectivity index (χ4v) is 4.80. The highest BCUT2D eigenvalue weighted by Gasteiger charge is 2.35. The first kappa shape index (κ1) is 18.0. The smallest absolute Gasteiger partial charge is 0.101 e. The molecule has 24 heavy (non-hydrogen) atoms. The lowest BCUT2D eigenvalue weighted by Crippen LogP contribution is -2.58. The van der Waals surface area contributed by atoms with Crippen LogP contribution in [0.4, 0.5) is 0 Å². The Hall–Kier alpha value is -0.795. The molecule has 0 bridgehead atoms. The molecular weight excluding hydrogens is 291 g/mol. The second kappa shape index (κ2) is 7.62. The van der Waals surface area contributed by atoms with Crippen molar-refractivity contribution in [2.24, 2.45) is 11.7 Å². The van der Waals surface area contributed by atoms with Crippen molar-refractivity contribution in [3.8, 4) is 0 Å². The lowest BCUT2D eigenvalue weighted by atomic mass is 9.80. The zero-order chi connectivity index (χ0) is 17.2. The second-order valence-corrected chi connectivity index (χ2v) is 8.57. The third kappa shape index (κ3) is 4.05. The van der Waals surface area contributed by atoms with Crippen molar-refractivity contribution < 1.29 is 0 Å². The summed E-state index contributed by atoms with van der Waals surface area (Å²) in [7, 11) is 2.27. The number of nitrogens with zero attached hydrogens (tertiary/aromatic N) is 1. The number of aryl methyl sites for hydroxylation is 1. The van der Waals surface area contributed by atoms with E-state index in [0.29, 0.717) is 0 Å². The average molecular weight is 326 g/mol. The first-order chi connectivity index (χ1) is 11.5. The Bertz CT molecular complexity index is 557. The monoisotopic (exact) mass is 326 g/mol. The summed E-state index contributed by atoms with van der Waals surface area (Å²) in [5, 5.41) is 0. The minimum atomic E-state index is 0.109. The maximum atomic E-state index is 6.61. The molecule has 2 aliphatic rings. The summed E-state index contributed by atoms with van der Waals surface area (Å²) in [5.41, 5.74) is 12.9. The molecule has 1 aromatic rings. The molecule has 0 spiro atoms. The van der Waals surface area contributed by atoms with E-state index in [1.165, 1.54) is 81.0 Å². The Labute approximate surface area is 149 Å². The minimum Gasteiger partial charge on any atom is -0.324 e. The number of hydrogen-bond acceptors (Lipinski definition) is 2. The average Bonchev–Trinajstić information content (AvgIpc) is 2.53. The molecule has 1 heterocycles. The summed E-state index contributed by atoms with van der Waals surface area (Å²) >= 11 is 0. The lowest BCUT2D eigenvalue weighted by molar-refractivity contribution is 0.0623. The minimum absolute atomic E-state index is 0.109. The highest BCUT2D eigenvalue weighted by molar-refractivity contribution is 6.08. The van der Waals surface area contributed by atoms with E-state index < -0.39 is 0 Å². The SMILES string of the molecule is BCCc1ccc(CC2CN(CC3(N)CCCCC3)C2)c(C)c1C. The normalized spacial score (nSPS) is 21.6. The summed E-state index contributed by atoms with van der Waals surface area (Å²) in [6, 6.07) is 4.76. The van der Waals surface area contributed by atoms with Gasteiger partial charge in [-0.1, -0.05) is 37.7 Å². The standard InChI is InChI=1S/C21H35BN2/c1-16-17(2)20(7-6-19(16)8-11-22)12-18-13-24(14-18)15-21(23)9-4-3-5-10-21/h6-7,18H,3-5,8-15,22-23H2,1-2H3. The molecule has 1 saturated carbocycles. The van der Waals surface area contributed by atoms with Crippen LogP contribution < -0.4 is 5.73 Å². The van der Waals surface area contributed by atoms with Gasteiger partial charge in [0, 0.05) is 25.2 Å². The number of likely N-dealkylation sites (tertiary alicyclic amines) is 1. The van der Waals surface area contributed by atoms with E-state index in [0.717, 1.165) is 12.5 Å². The van der Waals surface area contributed by atoms with Gasteiger partial charge in [-0.2, -0.15) is 0 Å². The maximum absolute atomic E-state index is 6.61. The molecule has 1 saturated heterocycles. The lowest BCUT2D eigenvalue weighted by Gasteiger charge is -2.46. The van der Waals surface area contributed by atoms with E-state index >= 15 is 0 Å². The van der Waals surface area contributed by atoms with Crippen LogP contribution in [-0.4, -0.2) is 37.9 Å². The van der Waals surface area contributed by atoms with Crippen molar-refractivity contribution in [3.63, 3.8) is 0 Å². The zero-order valence-corrected chi connectivity index (χ0v) is 16.0. The van der Waals surface area contributed by atoms with Crippen LogP contribution >= 0.6 is 0 Å². The van der Waals surface area contributed by atoms with Gasteiger partial charge >= 0.3 is 0 Å². The van der Waals surface area contributed by atoms with E-state index in [9.17, 15) is 0 Å². The molecule has 0 radical (unpaired) electrons. The molecule has 132 valence electrons. The summed E-state index contributed by atoms with van der Waals surface area (Å²) < 4.78 is 0. The predicted octanol–water partition coefficient (Wildman–Crippen LogP) is 3.03. The summed E-state index contributed by atoms with van der Waals surface area (Å²) in [6.45, 7) is 8.23. The summed E-state index contributed by atoms with van der Waals surface area (Å²) in [4.78, 5) is 2.60. The van der Waals surface area contributed by atoms with E-state index in [-0.39, 0.29) is 5.54 Å². The van der Waals surface area contributed by atoms with Gasteiger partial charge in [-0.15, -0.1) is 0 Å². The molecule has 0 aromatic heterocycles. The molecule has 2 nitrogen and oxygen atoms in total. The van der Waals surface area contributed by atoms with Gasteiger partial charge in [-0.05, 0) is 67.7 Å². The van der Waals surface area contributed by atoms with Gasteiger partial charge in [0.15, 0.2) is 0 Å². The number of benzene rings is 1. The van der Waals surface area contributed by atoms with Crippen molar-refractivity contribution in [1.29, 1.82) is 0 Å². The van der Waals surface area contributed by atoms with Gasteiger partial charge in [0.1, 0.15) is 7.85 Å². The summed E-state index contributed by atoms with van der Waals surface area (Å²) in [5.74, 6) is 0.826. The molecule has 3 rings (SSSR count). The fraction of sp³-hybridized carbons (Fsp3) is 0.714. The van der Waals surface area contributed by atoms with Crippen LogP contribution in [0.2, 0.25) is 6.32 Å². The first-order valence-corrected chi connectivity index (χ1v) is 10.1. The Morgan fingerprint density at radius 1 is 1.08 bits per heavy atom. The van der Waals surface area contributed by atoms with Crippen molar-refractivity contribution in [2.45, 2.75) is 70.7 Å². The topological polar surface area (TPSA) is 29.3 Å². The van der Waals surface area contributed by atoms with Gasteiger partial charge < -0.3 is 10.6 Å². The van der Waals surface area contributed by atoms with Crippen molar-refractivity contribution in [2.75, 3.05) is 19.6 Å². The predicted molar refractivity (Wildman–Crippen MR) is 107 cm³/mol. The van der Waals surface area contributed by atoms with Gasteiger partial charge in [0.2, 0.25) is 0 Å². The van der Waals surface area contributed by atoms with Crippen LogP contribution in [0.5, 0.6) is 0 Å². The fourth-order valence-electron chi connectivity index (χ4n) is 4.80. The number of nitrogens with two attached hydrogens (primary N) is 1. The molecule has 1 aliphatic carbocycles. The number of hydrogen-bond donors (Lipinski definition) is 1. The molecule has 0 atom stereocenters. The molecule has 0 amide bonds. The number of rotatable bonds is 6. The highest BCUT2D eigenvalue weighted by Crippen LogP contribution is 2.31. The Morgan fingerprint density at radius 3 is 2.38 bits per heavy atom. The molecule has 1 aliphatic heterocycles. The third-order valence-corrected chi connectivity index (χ3v) is 6.46. The van der Waals surface area contributed by atoms with Crippen LogP contribution in [0, 0.1) is 19.8 Å². The highest BCUT2D eigenvalue weighted by atomic mass is 15.2. The largest absolute Gasteiger partial charge is 0.324 e. The summed E-state index contributed by atoms with van der Waals surface area (Å²) in [6.07, 6.45) is 10.2. The van der Waals surface area contributed by atoms with Crippen molar-refractivity contribution >= 4 is 7.85 Å². The van der Waals surface area contributed by atoms with E-state index in [4.69, 9.17) is 5.73 Å². The van der Waals surface area contributed by atoms with Crippen LogP contribution in [0.25, 0.3) is 0 Å². The van der Waals surface area contributed by atoms with Gasteiger partial charge in [-0.25, -0.2) is 0 Å². The molecule has 1 aromatic carbocycles. The Balaban J connectivity index is 1.51. The maximum Gasteiger partial charge on any atom is 0.101 e. The van der Waals surface area contributed by atoms with Crippen LogP contribution in [0.15, 0.2) is 12.1 Å². The van der Waals surface area contributed by atoms with Crippen LogP contribution in [0.1, 0.15) is 54.4 Å². The van der Waals surface area contributed by atoms with Crippen molar-refractivity contribution in [1.82, 2.24) is 4.90 Å². The van der Waals surface area contributed by atoms with Gasteiger partial charge in [-0.3, -0.25) is 0 Å². The zero-order valence-electron chi connectivity index (χ0n) is 16.0.